The minimum Gasteiger partial charge on any atom is -0.465 e. The zero-order chi connectivity index (χ0) is 22.9. The average molecular weight is 440 g/mol. The summed E-state index contributed by atoms with van der Waals surface area (Å²) in [5.74, 6) is -1.29. The van der Waals surface area contributed by atoms with Crippen LogP contribution in [0.25, 0.3) is 11.0 Å². The Bertz CT molecular complexity index is 1310. The van der Waals surface area contributed by atoms with Crippen LogP contribution in [0.1, 0.15) is 29.7 Å². The highest BCUT2D eigenvalue weighted by atomic mass is 16.5. The SMILES string of the molecule is CCOC(=O)[C@@H]1C(=O)N(Cc2ccccc2)c2nc3ccccc3n2[C@H]1c1ccc(C)cc1. The van der Waals surface area contributed by atoms with Crippen LogP contribution in [0.15, 0.2) is 78.9 Å². The molecule has 2 heterocycles. The van der Waals surface area contributed by atoms with E-state index in [9.17, 15) is 9.59 Å². The molecular formula is C27H25N3O3. The molecule has 6 nitrogen and oxygen atoms in total. The Morgan fingerprint density at radius 2 is 1.67 bits per heavy atom. The monoisotopic (exact) mass is 439 g/mol. The first-order chi connectivity index (χ1) is 16.1. The molecule has 0 unspecified atom stereocenters. The molecular weight excluding hydrogens is 414 g/mol. The highest BCUT2D eigenvalue weighted by molar-refractivity contribution is 6.08. The summed E-state index contributed by atoms with van der Waals surface area (Å²) in [5.41, 5.74) is 4.59. The Labute approximate surface area is 192 Å². The summed E-state index contributed by atoms with van der Waals surface area (Å²) in [7, 11) is 0. The minimum atomic E-state index is -1.01. The molecule has 1 amide bonds. The number of para-hydroxylation sites is 2. The second-order valence-electron chi connectivity index (χ2n) is 8.27. The van der Waals surface area contributed by atoms with E-state index in [2.05, 4.69) is 0 Å². The number of carbonyl (C=O) groups is 2. The van der Waals surface area contributed by atoms with E-state index in [4.69, 9.17) is 9.72 Å². The molecule has 1 aliphatic rings. The van der Waals surface area contributed by atoms with E-state index < -0.39 is 17.9 Å². The van der Waals surface area contributed by atoms with Crippen LogP contribution in [0.5, 0.6) is 0 Å². The maximum Gasteiger partial charge on any atom is 0.321 e. The van der Waals surface area contributed by atoms with Gasteiger partial charge in [0.15, 0.2) is 5.92 Å². The van der Waals surface area contributed by atoms with Crippen LogP contribution in [-0.2, 0) is 20.9 Å². The number of aryl methyl sites for hydroxylation is 1. The Morgan fingerprint density at radius 1 is 0.970 bits per heavy atom. The summed E-state index contributed by atoms with van der Waals surface area (Å²) in [4.78, 5) is 33.6. The molecule has 2 atom stereocenters. The fourth-order valence-electron chi connectivity index (χ4n) is 4.53. The van der Waals surface area contributed by atoms with Crippen molar-refractivity contribution in [3.05, 3.63) is 95.6 Å². The zero-order valence-corrected chi connectivity index (χ0v) is 18.6. The van der Waals surface area contributed by atoms with Gasteiger partial charge in [0.1, 0.15) is 0 Å². The van der Waals surface area contributed by atoms with E-state index in [1.165, 1.54) is 0 Å². The minimum absolute atomic E-state index is 0.208. The number of ether oxygens (including phenoxy) is 1. The van der Waals surface area contributed by atoms with E-state index in [0.717, 1.165) is 27.7 Å². The zero-order valence-electron chi connectivity index (χ0n) is 18.6. The molecule has 1 aromatic heterocycles. The number of benzene rings is 3. The fraction of sp³-hybridized carbons (Fsp3) is 0.222. The lowest BCUT2D eigenvalue weighted by Gasteiger charge is -2.38. The van der Waals surface area contributed by atoms with Crippen LogP contribution in [0.3, 0.4) is 0 Å². The Morgan fingerprint density at radius 3 is 2.39 bits per heavy atom. The van der Waals surface area contributed by atoms with Gasteiger partial charge < -0.3 is 9.30 Å². The van der Waals surface area contributed by atoms with Gasteiger partial charge in [-0.2, -0.15) is 0 Å². The smallest absolute Gasteiger partial charge is 0.321 e. The predicted molar refractivity (Wildman–Crippen MR) is 127 cm³/mol. The van der Waals surface area contributed by atoms with Gasteiger partial charge in [-0.05, 0) is 37.1 Å². The third-order valence-electron chi connectivity index (χ3n) is 6.09. The topological polar surface area (TPSA) is 64.4 Å². The van der Waals surface area contributed by atoms with Crippen molar-refractivity contribution >= 4 is 28.9 Å². The molecule has 0 bridgehead atoms. The summed E-state index contributed by atoms with van der Waals surface area (Å²) in [5, 5.41) is 0. The number of carbonyl (C=O) groups excluding carboxylic acids is 2. The largest absolute Gasteiger partial charge is 0.465 e. The molecule has 0 N–H and O–H groups in total. The molecule has 0 saturated carbocycles. The van der Waals surface area contributed by atoms with Gasteiger partial charge in [-0.1, -0.05) is 72.3 Å². The lowest BCUT2D eigenvalue weighted by Crippen LogP contribution is -2.49. The van der Waals surface area contributed by atoms with Crippen LogP contribution in [0.2, 0.25) is 0 Å². The second kappa shape index (κ2) is 8.54. The van der Waals surface area contributed by atoms with Crippen LogP contribution in [-0.4, -0.2) is 28.0 Å². The number of aromatic nitrogens is 2. The molecule has 0 aliphatic carbocycles. The molecule has 5 rings (SSSR count). The molecule has 0 spiro atoms. The van der Waals surface area contributed by atoms with Gasteiger partial charge in [-0.15, -0.1) is 0 Å². The van der Waals surface area contributed by atoms with Crippen molar-refractivity contribution in [1.82, 2.24) is 9.55 Å². The fourth-order valence-corrected chi connectivity index (χ4v) is 4.53. The van der Waals surface area contributed by atoms with Crippen molar-refractivity contribution in [3.8, 4) is 0 Å². The van der Waals surface area contributed by atoms with Crippen molar-refractivity contribution in [3.63, 3.8) is 0 Å². The summed E-state index contributed by atoms with van der Waals surface area (Å²) >= 11 is 0. The number of hydrogen-bond donors (Lipinski definition) is 0. The van der Waals surface area contributed by atoms with Gasteiger partial charge in [-0.25, -0.2) is 4.98 Å². The maximum absolute atomic E-state index is 13.9. The molecule has 6 heteroatoms. The standard InChI is InChI=1S/C27H25N3O3/c1-3-33-26(32)23-24(20-15-13-18(2)14-16-20)30-22-12-8-7-11-21(22)28-27(30)29(25(23)31)17-19-9-5-4-6-10-19/h4-16,23-24H,3,17H2,1-2H3/t23-,24-/m0/s1. The highest BCUT2D eigenvalue weighted by Crippen LogP contribution is 2.41. The van der Waals surface area contributed by atoms with Gasteiger partial charge in [0.05, 0.1) is 30.2 Å². The van der Waals surface area contributed by atoms with E-state index in [-0.39, 0.29) is 12.5 Å². The number of hydrogen-bond acceptors (Lipinski definition) is 4. The van der Waals surface area contributed by atoms with Crippen molar-refractivity contribution in [2.45, 2.75) is 26.4 Å². The van der Waals surface area contributed by atoms with Crippen LogP contribution >= 0.6 is 0 Å². The second-order valence-corrected chi connectivity index (χ2v) is 8.27. The number of rotatable bonds is 5. The van der Waals surface area contributed by atoms with E-state index in [1.54, 1.807) is 11.8 Å². The van der Waals surface area contributed by atoms with Crippen molar-refractivity contribution < 1.29 is 14.3 Å². The first-order valence-corrected chi connectivity index (χ1v) is 11.1. The summed E-state index contributed by atoms with van der Waals surface area (Å²) in [6, 6.07) is 24.9. The van der Waals surface area contributed by atoms with Crippen molar-refractivity contribution in [2.75, 3.05) is 11.5 Å². The average Bonchev–Trinajstić information content (AvgIpc) is 3.21. The third-order valence-corrected chi connectivity index (χ3v) is 6.09. The molecule has 0 saturated heterocycles. The number of esters is 1. The summed E-state index contributed by atoms with van der Waals surface area (Å²) < 4.78 is 7.43. The van der Waals surface area contributed by atoms with Gasteiger partial charge in [-0.3, -0.25) is 14.5 Å². The Balaban J connectivity index is 1.75. The molecule has 0 radical (unpaired) electrons. The Kier molecular flexibility index (Phi) is 5.42. The first-order valence-electron chi connectivity index (χ1n) is 11.1. The molecule has 0 fully saturated rings. The van der Waals surface area contributed by atoms with Gasteiger partial charge >= 0.3 is 5.97 Å². The predicted octanol–water partition coefficient (Wildman–Crippen LogP) is 4.66. The number of anilines is 1. The van der Waals surface area contributed by atoms with E-state index in [0.29, 0.717) is 12.5 Å². The maximum atomic E-state index is 13.9. The van der Waals surface area contributed by atoms with Gasteiger partial charge in [0.25, 0.3) is 0 Å². The highest BCUT2D eigenvalue weighted by Gasteiger charge is 2.47. The molecule has 33 heavy (non-hydrogen) atoms. The van der Waals surface area contributed by atoms with Crippen LogP contribution in [0.4, 0.5) is 5.95 Å². The lowest BCUT2D eigenvalue weighted by atomic mass is 9.89. The number of fused-ring (bicyclic) bond motifs is 3. The van der Waals surface area contributed by atoms with Crippen LogP contribution in [0, 0.1) is 12.8 Å². The van der Waals surface area contributed by atoms with Crippen molar-refractivity contribution in [1.29, 1.82) is 0 Å². The third kappa shape index (κ3) is 3.67. The number of amides is 1. The van der Waals surface area contributed by atoms with Gasteiger partial charge in [0, 0.05) is 0 Å². The molecule has 4 aromatic rings. The van der Waals surface area contributed by atoms with Gasteiger partial charge in [0.2, 0.25) is 11.9 Å². The normalized spacial score (nSPS) is 17.8. The Hall–Kier alpha value is -3.93. The van der Waals surface area contributed by atoms with Crippen LogP contribution < -0.4 is 4.90 Å². The number of imidazole rings is 1. The number of nitrogens with zero attached hydrogens (tertiary/aromatic N) is 3. The summed E-state index contributed by atoms with van der Waals surface area (Å²) in [6.45, 7) is 4.29. The lowest BCUT2D eigenvalue weighted by molar-refractivity contribution is -0.153. The molecule has 1 aliphatic heterocycles. The summed E-state index contributed by atoms with van der Waals surface area (Å²) in [6.07, 6.45) is 0. The first kappa shape index (κ1) is 20.9. The van der Waals surface area contributed by atoms with E-state index in [1.807, 2.05) is 90.4 Å². The van der Waals surface area contributed by atoms with E-state index >= 15 is 0 Å². The quantitative estimate of drug-likeness (QED) is 0.335. The molecule has 166 valence electrons. The van der Waals surface area contributed by atoms with Crippen molar-refractivity contribution in [2.24, 2.45) is 5.92 Å². The molecule has 3 aromatic carbocycles.